The van der Waals surface area contributed by atoms with Gasteiger partial charge in [-0.15, -0.1) is 0 Å². The molecule has 0 spiro atoms. The molecule has 0 aromatic carbocycles. The van der Waals surface area contributed by atoms with E-state index in [1.54, 1.807) is 0 Å². The van der Waals surface area contributed by atoms with Crippen LogP contribution in [0.2, 0.25) is 0 Å². The number of ether oxygens (including phenoxy) is 2. The average Bonchev–Trinajstić information content (AvgIpc) is 3.00. The standard InChI is InChI=1S/C39H76O3/c1-3-5-7-9-11-13-15-17-19-21-23-25-27-29-31-33-36-41-37-34-38-42-39(40)35-32-30-28-26-24-22-20-18-16-14-12-10-8-6-4-2/h18,20H,3-17,19,21-38H2,1-2H3/b20-18-. The quantitative estimate of drug-likeness (QED) is 0.0412. The van der Waals surface area contributed by atoms with Crippen molar-refractivity contribution >= 4 is 5.97 Å². The molecule has 0 N–H and O–H groups in total. The Balaban J connectivity index is 3.17. The van der Waals surface area contributed by atoms with Gasteiger partial charge in [-0.25, -0.2) is 0 Å². The van der Waals surface area contributed by atoms with Crippen LogP contribution in [0.25, 0.3) is 0 Å². The van der Waals surface area contributed by atoms with Crippen LogP contribution in [0.1, 0.15) is 213 Å². The fraction of sp³-hybridized carbons (Fsp3) is 0.923. The highest BCUT2D eigenvalue weighted by atomic mass is 16.5. The van der Waals surface area contributed by atoms with Crippen molar-refractivity contribution in [3.63, 3.8) is 0 Å². The van der Waals surface area contributed by atoms with Crippen molar-refractivity contribution in [3.05, 3.63) is 12.2 Å². The molecule has 0 atom stereocenters. The van der Waals surface area contributed by atoms with E-state index in [0.717, 1.165) is 32.3 Å². The zero-order chi connectivity index (χ0) is 30.4. The lowest BCUT2D eigenvalue weighted by atomic mass is 10.0. The van der Waals surface area contributed by atoms with Gasteiger partial charge >= 0.3 is 5.97 Å². The zero-order valence-corrected chi connectivity index (χ0v) is 28.9. The molecule has 0 saturated heterocycles. The van der Waals surface area contributed by atoms with Gasteiger partial charge in [0.2, 0.25) is 0 Å². The van der Waals surface area contributed by atoms with E-state index in [2.05, 4.69) is 26.0 Å². The predicted octanol–water partition coefficient (Wildman–Crippen LogP) is 13.2. The Morgan fingerprint density at radius 1 is 0.405 bits per heavy atom. The van der Waals surface area contributed by atoms with Crippen LogP contribution >= 0.6 is 0 Å². The number of allylic oxidation sites excluding steroid dienone is 2. The van der Waals surface area contributed by atoms with Gasteiger partial charge in [-0.1, -0.05) is 174 Å². The summed E-state index contributed by atoms with van der Waals surface area (Å²) < 4.78 is 11.1. The Kier molecular flexibility index (Phi) is 37.4. The third-order valence-corrected chi connectivity index (χ3v) is 8.48. The van der Waals surface area contributed by atoms with Gasteiger partial charge in [0, 0.05) is 26.1 Å². The maximum atomic E-state index is 11.9. The SMILES string of the molecule is CCCCCCCC/C=C\CCCCCCCC(=O)OCCCOCCCCCCCCCCCCCCCCCC. The highest BCUT2D eigenvalue weighted by Crippen LogP contribution is 2.14. The number of unbranched alkanes of at least 4 members (excludes halogenated alkanes) is 26. The van der Waals surface area contributed by atoms with E-state index in [0.29, 0.717) is 19.6 Å². The first-order chi connectivity index (χ1) is 20.8. The molecule has 0 saturated carbocycles. The van der Waals surface area contributed by atoms with Gasteiger partial charge in [-0.3, -0.25) is 4.79 Å². The molecule has 42 heavy (non-hydrogen) atoms. The molecular weight excluding hydrogens is 516 g/mol. The average molecular weight is 593 g/mol. The van der Waals surface area contributed by atoms with Crippen LogP contribution in [0.4, 0.5) is 0 Å². The van der Waals surface area contributed by atoms with Crippen molar-refractivity contribution in [2.45, 2.75) is 213 Å². The summed E-state index contributed by atoms with van der Waals surface area (Å²) in [6.45, 7) is 6.63. The van der Waals surface area contributed by atoms with E-state index in [1.807, 2.05) is 0 Å². The van der Waals surface area contributed by atoms with Gasteiger partial charge < -0.3 is 9.47 Å². The molecule has 0 aliphatic carbocycles. The van der Waals surface area contributed by atoms with Crippen molar-refractivity contribution in [3.8, 4) is 0 Å². The van der Waals surface area contributed by atoms with E-state index in [1.165, 1.54) is 167 Å². The smallest absolute Gasteiger partial charge is 0.305 e. The molecular formula is C39H76O3. The molecule has 0 unspecified atom stereocenters. The first-order valence-electron chi connectivity index (χ1n) is 19.2. The predicted molar refractivity (Wildman–Crippen MR) is 185 cm³/mol. The molecule has 0 aliphatic heterocycles. The minimum atomic E-state index is -0.0366. The molecule has 0 aliphatic rings. The van der Waals surface area contributed by atoms with Crippen LogP contribution in [-0.2, 0) is 14.3 Å². The molecule has 3 nitrogen and oxygen atoms in total. The largest absolute Gasteiger partial charge is 0.466 e. The lowest BCUT2D eigenvalue weighted by molar-refractivity contribution is -0.144. The molecule has 0 radical (unpaired) electrons. The van der Waals surface area contributed by atoms with Gasteiger partial charge in [0.1, 0.15) is 0 Å². The lowest BCUT2D eigenvalue weighted by Crippen LogP contribution is -2.08. The highest BCUT2D eigenvalue weighted by Gasteiger charge is 2.02. The Morgan fingerprint density at radius 2 is 0.762 bits per heavy atom. The van der Waals surface area contributed by atoms with Crippen molar-refractivity contribution in [1.29, 1.82) is 0 Å². The molecule has 250 valence electrons. The van der Waals surface area contributed by atoms with Crippen LogP contribution in [0.5, 0.6) is 0 Å². The van der Waals surface area contributed by atoms with Crippen molar-refractivity contribution in [2.75, 3.05) is 19.8 Å². The fourth-order valence-electron chi connectivity index (χ4n) is 5.61. The molecule has 0 rings (SSSR count). The second-order valence-electron chi connectivity index (χ2n) is 12.8. The molecule has 0 heterocycles. The third-order valence-electron chi connectivity index (χ3n) is 8.48. The summed E-state index contributed by atoms with van der Waals surface area (Å²) in [4.78, 5) is 11.9. The maximum absolute atomic E-state index is 11.9. The van der Waals surface area contributed by atoms with Gasteiger partial charge in [0.25, 0.3) is 0 Å². The van der Waals surface area contributed by atoms with Gasteiger partial charge in [-0.2, -0.15) is 0 Å². The van der Waals surface area contributed by atoms with Crippen molar-refractivity contribution in [2.24, 2.45) is 0 Å². The van der Waals surface area contributed by atoms with Gasteiger partial charge in [-0.05, 0) is 38.5 Å². The summed E-state index contributed by atoms with van der Waals surface area (Å²) in [6, 6.07) is 0. The number of rotatable bonds is 36. The lowest BCUT2D eigenvalue weighted by Gasteiger charge is -2.06. The van der Waals surface area contributed by atoms with E-state index < -0.39 is 0 Å². The van der Waals surface area contributed by atoms with E-state index >= 15 is 0 Å². The topological polar surface area (TPSA) is 35.5 Å². The summed E-state index contributed by atoms with van der Waals surface area (Å²) in [5, 5.41) is 0. The molecule has 0 aromatic rings. The molecule has 0 aromatic heterocycles. The van der Waals surface area contributed by atoms with E-state index in [4.69, 9.17) is 9.47 Å². The Morgan fingerprint density at radius 3 is 1.21 bits per heavy atom. The fourth-order valence-corrected chi connectivity index (χ4v) is 5.61. The number of hydrogen-bond acceptors (Lipinski definition) is 3. The first-order valence-corrected chi connectivity index (χ1v) is 19.2. The molecule has 3 heteroatoms. The molecule has 0 bridgehead atoms. The second-order valence-corrected chi connectivity index (χ2v) is 12.8. The molecule has 0 fully saturated rings. The van der Waals surface area contributed by atoms with Crippen LogP contribution < -0.4 is 0 Å². The van der Waals surface area contributed by atoms with Crippen LogP contribution in [0.3, 0.4) is 0 Å². The zero-order valence-electron chi connectivity index (χ0n) is 28.9. The van der Waals surface area contributed by atoms with E-state index in [-0.39, 0.29) is 5.97 Å². The summed E-state index contributed by atoms with van der Waals surface area (Å²) in [5.74, 6) is -0.0366. The normalized spacial score (nSPS) is 11.6. The minimum absolute atomic E-state index is 0.0366. The molecule has 0 amide bonds. The van der Waals surface area contributed by atoms with Crippen molar-refractivity contribution in [1.82, 2.24) is 0 Å². The van der Waals surface area contributed by atoms with E-state index in [9.17, 15) is 4.79 Å². The van der Waals surface area contributed by atoms with Gasteiger partial charge in [0.15, 0.2) is 0 Å². The maximum Gasteiger partial charge on any atom is 0.305 e. The third kappa shape index (κ3) is 37.2. The number of carbonyl (C=O) groups excluding carboxylic acids is 1. The first kappa shape index (κ1) is 41.2. The minimum Gasteiger partial charge on any atom is -0.466 e. The summed E-state index contributed by atoms with van der Waals surface area (Å²) in [6.07, 6.45) is 45.1. The summed E-state index contributed by atoms with van der Waals surface area (Å²) in [7, 11) is 0. The Hall–Kier alpha value is -0.830. The van der Waals surface area contributed by atoms with Gasteiger partial charge in [0.05, 0.1) is 6.61 Å². The monoisotopic (exact) mass is 593 g/mol. The number of esters is 1. The highest BCUT2D eigenvalue weighted by molar-refractivity contribution is 5.69. The van der Waals surface area contributed by atoms with Crippen molar-refractivity contribution < 1.29 is 14.3 Å². The number of carbonyl (C=O) groups is 1. The van der Waals surface area contributed by atoms with Crippen LogP contribution in [0, 0.1) is 0 Å². The summed E-state index contributed by atoms with van der Waals surface area (Å²) in [5.41, 5.74) is 0. The van der Waals surface area contributed by atoms with Crippen LogP contribution in [-0.4, -0.2) is 25.8 Å². The second kappa shape index (κ2) is 38.2. The summed E-state index contributed by atoms with van der Waals surface area (Å²) >= 11 is 0. The number of hydrogen-bond donors (Lipinski definition) is 0. The van der Waals surface area contributed by atoms with Crippen LogP contribution in [0.15, 0.2) is 12.2 Å². The Bertz CT molecular complexity index is 530. The Labute approximate surface area is 264 Å².